The summed E-state index contributed by atoms with van der Waals surface area (Å²) in [6.45, 7) is 3.13. The molecule has 1 fully saturated rings. The maximum atomic E-state index is 11.1. The first-order valence-electron chi connectivity index (χ1n) is 10.1. The summed E-state index contributed by atoms with van der Waals surface area (Å²) in [4.78, 5) is 22.1. The van der Waals surface area contributed by atoms with Gasteiger partial charge in [0.25, 0.3) is 0 Å². The zero-order valence-corrected chi connectivity index (χ0v) is 16.9. The van der Waals surface area contributed by atoms with Gasteiger partial charge >= 0.3 is 5.97 Å². The van der Waals surface area contributed by atoms with Crippen molar-refractivity contribution in [2.75, 3.05) is 6.54 Å². The minimum absolute atomic E-state index is 0.00712. The molecule has 0 aliphatic heterocycles. The van der Waals surface area contributed by atoms with Crippen molar-refractivity contribution in [1.82, 2.24) is 15.3 Å². The van der Waals surface area contributed by atoms with Crippen LogP contribution in [-0.4, -0.2) is 50.9 Å². The number of hydrogen-bond donors (Lipinski definition) is 3. The predicted octanol–water partition coefficient (Wildman–Crippen LogP) is 2.86. The van der Waals surface area contributed by atoms with Crippen LogP contribution in [0.25, 0.3) is 10.2 Å². The Morgan fingerprint density at radius 1 is 1.32 bits per heavy atom. The largest absolute Gasteiger partial charge is 0.479 e. The molecule has 152 valence electrons. The van der Waals surface area contributed by atoms with Gasteiger partial charge in [-0.05, 0) is 63.0 Å². The second-order valence-corrected chi connectivity index (χ2v) is 8.86. The van der Waals surface area contributed by atoms with E-state index in [0.29, 0.717) is 11.9 Å². The van der Waals surface area contributed by atoms with Gasteiger partial charge < -0.3 is 20.3 Å². The van der Waals surface area contributed by atoms with Crippen LogP contribution in [0.1, 0.15) is 61.8 Å². The third-order valence-corrected chi connectivity index (χ3v) is 7.11. The number of aryl methyl sites for hydroxylation is 1. The van der Waals surface area contributed by atoms with E-state index in [4.69, 9.17) is 9.84 Å². The normalized spacial score (nSPS) is 25.6. The average Bonchev–Trinajstić information content (AvgIpc) is 3.23. The molecule has 1 saturated carbocycles. The zero-order valence-electron chi connectivity index (χ0n) is 16.1. The monoisotopic (exact) mass is 405 g/mol. The number of hydrogen-bond acceptors (Lipinski definition) is 7. The topological polar surface area (TPSA) is 105 Å². The molecule has 2 aliphatic rings. The number of aromatic nitrogens is 2. The summed E-state index contributed by atoms with van der Waals surface area (Å²) in [5, 5.41) is 23.4. The molecule has 2 aromatic heterocycles. The van der Waals surface area contributed by atoms with E-state index in [1.807, 2.05) is 0 Å². The molecule has 4 rings (SSSR count). The van der Waals surface area contributed by atoms with Gasteiger partial charge in [-0.1, -0.05) is 6.92 Å². The Morgan fingerprint density at radius 2 is 2.11 bits per heavy atom. The van der Waals surface area contributed by atoms with Gasteiger partial charge in [-0.25, -0.2) is 14.8 Å². The van der Waals surface area contributed by atoms with Gasteiger partial charge in [-0.3, -0.25) is 0 Å². The van der Waals surface area contributed by atoms with E-state index in [1.54, 1.807) is 17.7 Å². The summed E-state index contributed by atoms with van der Waals surface area (Å²) in [5.74, 6) is -0.544. The van der Waals surface area contributed by atoms with Crippen molar-refractivity contribution >= 4 is 27.5 Å². The minimum atomic E-state index is -1.35. The molecule has 0 aromatic carbocycles. The fraction of sp³-hybridized carbons (Fsp3) is 0.650. The number of fused-ring (bicyclic) bond motifs is 3. The van der Waals surface area contributed by atoms with E-state index in [2.05, 4.69) is 22.2 Å². The fourth-order valence-electron chi connectivity index (χ4n) is 4.57. The van der Waals surface area contributed by atoms with Gasteiger partial charge in [0.05, 0.1) is 5.39 Å². The number of rotatable bonds is 7. The van der Waals surface area contributed by atoms with E-state index < -0.39 is 12.1 Å². The first kappa shape index (κ1) is 19.5. The van der Waals surface area contributed by atoms with Crippen LogP contribution >= 0.6 is 11.3 Å². The van der Waals surface area contributed by atoms with E-state index in [-0.39, 0.29) is 18.4 Å². The Balaban J connectivity index is 1.56. The molecule has 2 heterocycles. The summed E-state index contributed by atoms with van der Waals surface area (Å²) >= 11 is 1.64. The molecule has 0 unspecified atom stereocenters. The number of aliphatic hydroxyl groups is 1. The predicted molar refractivity (Wildman–Crippen MR) is 107 cm³/mol. The van der Waals surface area contributed by atoms with Gasteiger partial charge in [0.1, 0.15) is 17.3 Å². The quantitative estimate of drug-likeness (QED) is 0.650. The van der Waals surface area contributed by atoms with Crippen molar-refractivity contribution in [2.45, 2.75) is 76.0 Å². The van der Waals surface area contributed by atoms with Crippen molar-refractivity contribution in [3.8, 4) is 5.88 Å². The minimum Gasteiger partial charge on any atom is -0.479 e. The van der Waals surface area contributed by atoms with Crippen LogP contribution in [0.3, 0.4) is 0 Å². The highest BCUT2D eigenvalue weighted by Gasteiger charge is 2.33. The smallest absolute Gasteiger partial charge is 0.332 e. The third-order valence-electron chi connectivity index (χ3n) is 5.93. The lowest BCUT2D eigenvalue weighted by molar-refractivity contribution is -0.147. The zero-order chi connectivity index (χ0) is 19.7. The second-order valence-electron chi connectivity index (χ2n) is 7.77. The van der Waals surface area contributed by atoms with Gasteiger partial charge in [-0.2, -0.15) is 0 Å². The molecular weight excluding hydrogens is 378 g/mol. The number of carboxylic acid groups (broad SMARTS) is 1. The van der Waals surface area contributed by atoms with Gasteiger partial charge in [0.2, 0.25) is 5.88 Å². The van der Waals surface area contributed by atoms with E-state index in [9.17, 15) is 9.90 Å². The molecule has 2 aromatic rings. The lowest BCUT2D eigenvalue weighted by Crippen LogP contribution is -2.36. The SMILES string of the molecule is CCNC1CCC(Oc2ncnc3sc4c(c23)[C@@H](C[C@@H](O)C(=O)O)CC4)CC1. The standard InChI is InChI=1S/C20H27N3O4S/c1-2-21-12-4-6-13(7-5-12)27-18-17-16-11(9-14(24)20(25)26)3-8-15(16)28-19(17)23-10-22-18/h10-14,21,24H,2-9H2,1H3,(H,25,26)/t11-,12?,13?,14-/m1/s1. The Bertz CT molecular complexity index is 847. The van der Waals surface area contributed by atoms with Crippen molar-refractivity contribution in [3.05, 3.63) is 16.8 Å². The summed E-state index contributed by atoms with van der Waals surface area (Å²) in [7, 11) is 0. The van der Waals surface area contributed by atoms with E-state index >= 15 is 0 Å². The number of thiophene rings is 1. The number of nitrogens with zero attached hydrogens (tertiary/aromatic N) is 2. The maximum Gasteiger partial charge on any atom is 0.332 e. The Morgan fingerprint density at radius 3 is 2.82 bits per heavy atom. The Hall–Kier alpha value is -1.77. The molecule has 7 nitrogen and oxygen atoms in total. The van der Waals surface area contributed by atoms with Crippen LogP contribution in [0.4, 0.5) is 0 Å². The van der Waals surface area contributed by atoms with Gasteiger partial charge in [0, 0.05) is 10.9 Å². The number of carboxylic acids is 1. The second kappa shape index (κ2) is 8.31. The Labute approximate surface area is 168 Å². The number of aliphatic carboxylic acids is 1. The Kier molecular flexibility index (Phi) is 5.80. The number of carbonyl (C=O) groups is 1. The number of nitrogens with one attached hydrogen (secondary N) is 1. The molecule has 0 bridgehead atoms. The van der Waals surface area contributed by atoms with Crippen LogP contribution in [-0.2, 0) is 11.2 Å². The molecule has 0 radical (unpaired) electrons. The fourth-order valence-corrected chi connectivity index (χ4v) is 5.80. The van der Waals surface area contributed by atoms with Crippen LogP contribution in [0.5, 0.6) is 5.88 Å². The molecule has 8 heteroatoms. The summed E-state index contributed by atoms with van der Waals surface area (Å²) in [5.41, 5.74) is 1.09. The van der Waals surface area contributed by atoms with Crippen LogP contribution in [0.2, 0.25) is 0 Å². The summed E-state index contributed by atoms with van der Waals surface area (Å²) < 4.78 is 6.33. The lowest BCUT2D eigenvalue weighted by Gasteiger charge is -2.29. The van der Waals surface area contributed by atoms with E-state index in [1.165, 1.54) is 4.88 Å². The molecular formula is C20H27N3O4S. The summed E-state index contributed by atoms with van der Waals surface area (Å²) in [6, 6.07) is 0.572. The maximum absolute atomic E-state index is 11.1. The highest BCUT2D eigenvalue weighted by atomic mass is 32.1. The van der Waals surface area contributed by atoms with Crippen molar-refractivity contribution in [2.24, 2.45) is 0 Å². The van der Waals surface area contributed by atoms with Crippen LogP contribution < -0.4 is 10.1 Å². The average molecular weight is 406 g/mol. The molecule has 0 spiro atoms. The van der Waals surface area contributed by atoms with Gasteiger partial charge in [-0.15, -0.1) is 11.3 Å². The highest BCUT2D eigenvalue weighted by Crippen LogP contribution is 2.47. The third kappa shape index (κ3) is 3.86. The lowest BCUT2D eigenvalue weighted by atomic mass is 9.92. The van der Waals surface area contributed by atoms with Gasteiger partial charge in [0.15, 0.2) is 6.10 Å². The van der Waals surface area contributed by atoms with Crippen LogP contribution in [0, 0.1) is 0 Å². The first-order valence-corrected chi connectivity index (χ1v) is 11.0. The highest BCUT2D eigenvalue weighted by molar-refractivity contribution is 7.19. The first-order chi connectivity index (χ1) is 13.6. The van der Waals surface area contributed by atoms with Crippen molar-refractivity contribution < 1.29 is 19.7 Å². The molecule has 0 amide bonds. The molecule has 2 aliphatic carbocycles. The molecule has 2 atom stereocenters. The van der Waals surface area contributed by atoms with Crippen molar-refractivity contribution in [3.63, 3.8) is 0 Å². The van der Waals surface area contributed by atoms with E-state index in [0.717, 1.165) is 60.8 Å². The molecule has 3 N–H and O–H groups in total. The summed E-state index contributed by atoms with van der Waals surface area (Å²) in [6.07, 6.45) is 6.50. The molecule has 0 saturated heterocycles. The van der Waals surface area contributed by atoms with Crippen LogP contribution in [0.15, 0.2) is 6.33 Å². The molecule has 28 heavy (non-hydrogen) atoms. The van der Waals surface area contributed by atoms with Crippen molar-refractivity contribution in [1.29, 1.82) is 0 Å². The number of aliphatic hydroxyl groups excluding tert-OH is 1. The number of ether oxygens (including phenoxy) is 1.